The van der Waals surface area contributed by atoms with Gasteiger partial charge in [0.15, 0.2) is 9.81 Å². The Kier molecular flexibility index (Phi) is 5.25. The Morgan fingerprint density at radius 2 is 1.93 bits per heavy atom. The minimum absolute atomic E-state index is 0.0798. The molecule has 6 nitrogen and oxygen atoms in total. The van der Waals surface area contributed by atoms with Gasteiger partial charge in [-0.3, -0.25) is 9.59 Å². The maximum atomic E-state index is 12.7. The summed E-state index contributed by atoms with van der Waals surface area (Å²) in [6.45, 7) is 1.93. The molecule has 0 saturated heterocycles. The molecule has 0 atom stereocenters. The molecule has 0 fully saturated rings. The van der Waals surface area contributed by atoms with Crippen LogP contribution in [0.3, 0.4) is 0 Å². The van der Waals surface area contributed by atoms with Gasteiger partial charge in [0.05, 0.1) is 32.1 Å². The normalized spacial score (nSPS) is 12.0. The van der Waals surface area contributed by atoms with E-state index >= 15 is 0 Å². The van der Waals surface area contributed by atoms with E-state index in [0.29, 0.717) is 20.3 Å². The van der Waals surface area contributed by atoms with Crippen molar-refractivity contribution in [3.63, 3.8) is 0 Å². The Morgan fingerprint density at radius 3 is 2.71 bits per heavy atom. The number of amides is 1. The standard InChI is InChI=1S/C19H14ClN3O3S2/c1-2-26-15(24)10-23-16-11(20)6-5-9-14(16)28-19(23)22-17(25)18-21-12-7-3-4-8-13(12)27-18/h3-9H,2,10H2,1H3. The first-order valence-electron chi connectivity index (χ1n) is 8.45. The molecule has 2 aromatic carbocycles. The van der Waals surface area contributed by atoms with Crippen LogP contribution in [-0.2, 0) is 16.1 Å². The molecule has 2 aromatic heterocycles. The van der Waals surface area contributed by atoms with Gasteiger partial charge in [0.25, 0.3) is 0 Å². The van der Waals surface area contributed by atoms with Crippen LogP contribution in [0.1, 0.15) is 16.7 Å². The van der Waals surface area contributed by atoms with Gasteiger partial charge in [0, 0.05) is 0 Å². The summed E-state index contributed by atoms with van der Waals surface area (Å²) < 4.78 is 8.41. The Labute approximate surface area is 172 Å². The monoisotopic (exact) mass is 431 g/mol. The number of halogens is 1. The number of fused-ring (bicyclic) bond motifs is 2. The highest BCUT2D eigenvalue weighted by Gasteiger charge is 2.16. The van der Waals surface area contributed by atoms with Gasteiger partial charge in [-0.25, -0.2) is 4.98 Å². The molecule has 0 saturated carbocycles. The summed E-state index contributed by atoms with van der Waals surface area (Å²) in [7, 11) is 0. The number of thiazole rings is 2. The van der Waals surface area contributed by atoms with Crippen LogP contribution in [0.15, 0.2) is 47.5 Å². The van der Waals surface area contributed by atoms with Gasteiger partial charge < -0.3 is 9.30 Å². The van der Waals surface area contributed by atoms with Crippen LogP contribution in [0.2, 0.25) is 5.02 Å². The minimum atomic E-state index is -0.457. The second-order valence-electron chi connectivity index (χ2n) is 5.77. The molecule has 0 radical (unpaired) electrons. The largest absolute Gasteiger partial charge is 0.465 e. The summed E-state index contributed by atoms with van der Waals surface area (Å²) >= 11 is 8.91. The molecule has 0 aliphatic rings. The summed E-state index contributed by atoms with van der Waals surface area (Å²) in [5.74, 6) is -0.877. The van der Waals surface area contributed by atoms with Gasteiger partial charge in [-0.05, 0) is 31.2 Å². The quantitative estimate of drug-likeness (QED) is 0.452. The van der Waals surface area contributed by atoms with Crippen LogP contribution in [0.5, 0.6) is 0 Å². The number of rotatable bonds is 4. The number of ether oxygens (including phenoxy) is 1. The molecule has 142 valence electrons. The maximum absolute atomic E-state index is 12.7. The first-order chi connectivity index (χ1) is 13.6. The van der Waals surface area contributed by atoms with Gasteiger partial charge in [-0.2, -0.15) is 4.99 Å². The van der Waals surface area contributed by atoms with Crippen LogP contribution < -0.4 is 4.80 Å². The van der Waals surface area contributed by atoms with Crippen LogP contribution in [0.25, 0.3) is 20.4 Å². The molecular formula is C19H14ClN3O3S2. The van der Waals surface area contributed by atoms with E-state index in [2.05, 4.69) is 9.98 Å². The molecule has 2 heterocycles. The highest BCUT2D eigenvalue weighted by Crippen LogP contribution is 2.26. The van der Waals surface area contributed by atoms with Crippen LogP contribution in [0.4, 0.5) is 0 Å². The third kappa shape index (κ3) is 3.58. The summed E-state index contributed by atoms with van der Waals surface area (Å²) in [4.78, 5) is 33.8. The van der Waals surface area contributed by atoms with Crippen molar-refractivity contribution in [1.29, 1.82) is 0 Å². The fourth-order valence-corrected chi connectivity index (χ4v) is 4.99. The maximum Gasteiger partial charge on any atom is 0.326 e. The molecule has 0 aliphatic heterocycles. The number of para-hydroxylation sites is 2. The van der Waals surface area contributed by atoms with Crippen molar-refractivity contribution in [1.82, 2.24) is 9.55 Å². The highest BCUT2D eigenvalue weighted by molar-refractivity contribution is 7.20. The lowest BCUT2D eigenvalue weighted by Crippen LogP contribution is -2.23. The van der Waals surface area contributed by atoms with Crippen molar-refractivity contribution in [2.45, 2.75) is 13.5 Å². The SMILES string of the molecule is CCOC(=O)Cn1c(=NC(=O)c2nc3ccccc3s2)sc2cccc(Cl)c21. The van der Waals surface area contributed by atoms with Gasteiger partial charge in [-0.15, -0.1) is 11.3 Å². The van der Waals surface area contributed by atoms with E-state index in [4.69, 9.17) is 16.3 Å². The smallest absolute Gasteiger partial charge is 0.326 e. The number of nitrogens with zero attached hydrogens (tertiary/aromatic N) is 3. The molecule has 0 spiro atoms. The van der Waals surface area contributed by atoms with Gasteiger partial charge in [-0.1, -0.05) is 41.1 Å². The number of carbonyl (C=O) groups is 2. The number of hydrogen-bond donors (Lipinski definition) is 0. The minimum Gasteiger partial charge on any atom is -0.465 e. The highest BCUT2D eigenvalue weighted by atomic mass is 35.5. The third-order valence-electron chi connectivity index (χ3n) is 3.92. The van der Waals surface area contributed by atoms with Crippen LogP contribution in [0, 0.1) is 0 Å². The average molecular weight is 432 g/mol. The summed E-state index contributed by atoms with van der Waals surface area (Å²) in [6.07, 6.45) is 0. The van der Waals surface area contributed by atoms with Crippen LogP contribution >= 0.6 is 34.3 Å². The lowest BCUT2D eigenvalue weighted by molar-refractivity contribution is -0.143. The summed E-state index contributed by atoms with van der Waals surface area (Å²) in [5.41, 5.74) is 1.41. The predicted octanol–water partition coefficient (Wildman–Crippen LogP) is 4.27. The topological polar surface area (TPSA) is 73.6 Å². The number of carbonyl (C=O) groups excluding carboxylic acids is 2. The second-order valence-corrected chi connectivity index (χ2v) is 8.21. The molecule has 0 aliphatic carbocycles. The number of esters is 1. The number of hydrogen-bond acceptors (Lipinski definition) is 6. The molecule has 9 heteroatoms. The van der Waals surface area contributed by atoms with E-state index in [0.717, 1.165) is 14.9 Å². The number of benzene rings is 2. The molecule has 4 aromatic rings. The van der Waals surface area contributed by atoms with Gasteiger partial charge in [0.2, 0.25) is 0 Å². The molecular weight excluding hydrogens is 418 g/mol. The van der Waals surface area contributed by atoms with E-state index in [9.17, 15) is 9.59 Å². The first-order valence-corrected chi connectivity index (χ1v) is 10.5. The zero-order valence-electron chi connectivity index (χ0n) is 14.7. The fraction of sp³-hybridized carbons (Fsp3) is 0.158. The predicted molar refractivity (Wildman–Crippen MR) is 111 cm³/mol. The van der Waals surface area contributed by atoms with Crippen molar-refractivity contribution in [2.24, 2.45) is 4.99 Å². The Balaban J connectivity index is 1.83. The molecule has 0 unspecified atom stereocenters. The number of aromatic nitrogens is 2. The average Bonchev–Trinajstić information content (AvgIpc) is 3.24. The second kappa shape index (κ2) is 7.83. The van der Waals surface area contributed by atoms with Crippen molar-refractivity contribution in [3.05, 3.63) is 57.3 Å². The van der Waals surface area contributed by atoms with E-state index in [1.807, 2.05) is 36.4 Å². The molecule has 4 rings (SSSR count). The van der Waals surface area contributed by atoms with Crippen molar-refractivity contribution < 1.29 is 14.3 Å². The van der Waals surface area contributed by atoms with Gasteiger partial charge in [0.1, 0.15) is 6.54 Å². The zero-order chi connectivity index (χ0) is 19.7. The summed E-state index contributed by atoms with van der Waals surface area (Å²) in [5, 5.41) is 0.777. The first kappa shape index (κ1) is 18.8. The van der Waals surface area contributed by atoms with Gasteiger partial charge >= 0.3 is 11.9 Å². The third-order valence-corrected chi connectivity index (χ3v) is 6.29. The molecule has 0 bridgehead atoms. The lowest BCUT2D eigenvalue weighted by atomic mass is 10.3. The van der Waals surface area contributed by atoms with Crippen molar-refractivity contribution in [2.75, 3.05) is 6.61 Å². The van der Waals surface area contributed by atoms with E-state index in [-0.39, 0.29) is 13.2 Å². The fourth-order valence-electron chi connectivity index (χ4n) is 2.75. The van der Waals surface area contributed by atoms with Crippen molar-refractivity contribution in [3.8, 4) is 0 Å². The van der Waals surface area contributed by atoms with Crippen molar-refractivity contribution >= 4 is 66.6 Å². The molecule has 28 heavy (non-hydrogen) atoms. The van der Waals surface area contributed by atoms with E-state index < -0.39 is 11.9 Å². The Morgan fingerprint density at radius 1 is 1.14 bits per heavy atom. The Bertz CT molecular complexity index is 1240. The summed E-state index contributed by atoms with van der Waals surface area (Å²) in [6, 6.07) is 12.9. The van der Waals surface area contributed by atoms with E-state index in [1.54, 1.807) is 17.6 Å². The molecule has 1 amide bonds. The lowest BCUT2D eigenvalue weighted by Gasteiger charge is -2.05. The van der Waals surface area contributed by atoms with Crippen LogP contribution in [-0.4, -0.2) is 28.0 Å². The molecule has 0 N–H and O–H groups in total. The zero-order valence-corrected chi connectivity index (χ0v) is 17.1. The Hall–Kier alpha value is -2.55. The van der Waals surface area contributed by atoms with E-state index in [1.165, 1.54) is 22.7 Å².